The summed E-state index contributed by atoms with van der Waals surface area (Å²) in [4.78, 5) is 10.1. The molecule has 0 spiro atoms. The van der Waals surface area contributed by atoms with Crippen LogP contribution in [0.1, 0.15) is 86.5 Å². The Bertz CT molecular complexity index is 320. The molecule has 0 N–H and O–H groups in total. The van der Waals surface area contributed by atoms with Gasteiger partial charge in [0.25, 0.3) is 6.47 Å². The minimum atomic E-state index is -0.270. The van der Waals surface area contributed by atoms with E-state index < -0.39 is 0 Å². The van der Waals surface area contributed by atoms with Crippen LogP contribution in [0.3, 0.4) is 0 Å². The highest BCUT2D eigenvalue weighted by atomic mass is 31.1. The highest BCUT2D eigenvalue weighted by Gasteiger charge is 2.41. The number of hydrogen-bond donors (Lipinski definition) is 0. The van der Waals surface area contributed by atoms with E-state index in [0.717, 1.165) is 15.0 Å². The van der Waals surface area contributed by atoms with Crippen molar-refractivity contribution in [3.05, 3.63) is 0 Å². The summed E-state index contributed by atoms with van der Waals surface area (Å²) in [5.41, 5.74) is 0. The van der Waals surface area contributed by atoms with Gasteiger partial charge in [-0.05, 0) is 42.9 Å². The van der Waals surface area contributed by atoms with E-state index in [2.05, 4.69) is 48.2 Å². The van der Waals surface area contributed by atoms with E-state index in [-0.39, 0.29) is 6.29 Å². The number of hydrogen-bond acceptors (Lipinski definition) is 3. The third-order valence-electron chi connectivity index (χ3n) is 4.82. The van der Waals surface area contributed by atoms with Crippen molar-refractivity contribution in [3.63, 3.8) is 0 Å². The molecule has 0 aromatic heterocycles. The van der Waals surface area contributed by atoms with Crippen LogP contribution in [0, 0.1) is 11.8 Å². The SMILES string of the molecule is CC1CCCC2CC(OC=O)OC12.CCC.CCCC(C)(C)PC. The zero-order chi connectivity index (χ0) is 18.6. The lowest BCUT2D eigenvalue weighted by Gasteiger charge is -2.29. The van der Waals surface area contributed by atoms with Gasteiger partial charge < -0.3 is 9.47 Å². The summed E-state index contributed by atoms with van der Waals surface area (Å²) in [5.74, 6) is 1.24. The fraction of sp³-hybridized carbons (Fsp3) is 0.950. The van der Waals surface area contributed by atoms with Gasteiger partial charge in [0, 0.05) is 6.42 Å². The van der Waals surface area contributed by atoms with E-state index in [0.29, 0.717) is 29.6 Å². The molecule has 0 radical (unpaired) electrons. The number of carbonyl (C=O) groups excluding carboxylic acids is 1. The summed E-state index contributed by atoms with van der Waals surface area (Å²) in [5, 5.41) is 0.620. The van der Waals surface area contributed by atoms with Gasteiger partial charge in [0.1, 0.15) is 0 Å². The van der Waals surface area contributed by atoms with Gasteiger partial charge in [0.15, 0.2) is 0 Å². The van der Waals surface area contributed by atoms with Crippen LogP contribution >= 0.6 is 8.58 Å². The number of carbonyl (C=O) groups is 1. The molecular formula is C20H41O3P. The van der Waals surface area contributed by atoms with E-state index >= 15 is 0 Å². The first-order valence-electron chi connectivity index (χ1n) is 9.78. The highest BCUT2D eigenvalue weighted by Crippen LogP contribution is 2.40. The van der Waals surface area contributed by atoms with Crippen molar-refractivity contribution in [1.82, 2.24) is 0 Å². The van der Waals surface area contributed by atoms with E-state index in [1.54, 1.807) is 0 Å². The molecular weight excluding hydrogens is 319 g/mol. The zero-order valence-electron chi connectivity index (χ0n) is 17.1. The molecule has 2 rings (SSSR count). The lowest BCUT2D eigenvalue weighted by atomic mass is 9.80. The van der Waals surface area contributed by atoms with Crippen molar-refractivity contribution >= 4 is 15.1 Å². The minimum Gasteiger partial charge on any atom is -0.438 e. The van der Waals surface area contributed by atoms with Crippen molar-refractivity contribution in [3.8, 4) is 0 Å². The summed E-state index contributed by atoms with van der Waals surface area (Å²) in [6.45, 7) is 16.2. The fourth-order valence-corrected chi connectivity index (χ4v) is 3.87. The minimum absolute atomic E-state index is 0.270. The molecule has 4 heteroatoms. The molecule has 2 aliphatic rings. The molecule has 3 nitrogen and oxygen atoms in total. The second kappa shape index (κ2) is 13.1. The van der Waals surface area contributed by atoms with Crippen LogP contribution in [0.25, 0.3) is 0 Å². The zero-order valence-corrected chi connectivity index (χ0v) is 18.1. The van der Waals surface area contributed by atoms with E-state index in [1.165, 1.54) is 38.5 Å². The summed E-state index contributed by atoms with van der Waals surface area (Å²) in [6, 6.07) is 0. The first kappa shape index (κ1) is 23.9. The Labute approximate surface area is 152 Å². The number of rotatable bonds is 5. The number of ether oxygens (including phenoxy) is 2. The molecule has 0 amide bonds. The fourth-order valence-electron chi connectivity index (χ4n) is 3.37. The normalized spacial score (nSPS) is 29.1. The van der Waals surface area contributed by atoms with Crippen molar-refractivity contribution in [2.45, 2.75) is 104 Å². The van der Waals surface area contributed by atoms with Gasteiger partial charge in [-0.2, -0.15) is 0 Å². The molecule has 0 aromatic rings. The summed E-state index contributed by atoms with van der Waals surface area (Å²) < 4.78 is 10.5. The van der Waals surface area contributed by atoms with Crippen LogP contribution in [0.2, 0.25) is 0 Å². The quantitative estimate of drug-likeness (QED) is 0.445. The second-order valence-corrected chi connectivity index (χ2v) is 9.61. The van der Waals surface area contributed by atoms with Crippen LogP contribution in [0.5, 0.6) is 0 Å². The molecule has 144 valence electrons. The molecule has 5 unspecified atom stereocenters. The molecule has 1 saturated heterocycles. The molecule has 0 aromatic carbocycles. The highest BCUT2D eigenvalue weighted by molar-refractivity contribution is 7.38. The van der Waals surface area contributed by atoms with Crippen molar-refractivity contribution < 1.29 is 14.3 Å². The van der Waals surface area contributed by atoms with Gasteiger partial charge in [-0.3, -0.25) is 4.79 Å². The molecule has 24 heavy (non-hydrogen) atoms. The predicted molar refractivity (Wildman–Crippen MR) is 106 cm³/mol. The Hall–Kier alpha value is -0.140. The van der Waals surface area contributed by atoms with Crippen LogP contribution in [0.15, 0.2) is 0 Å². The molecule has 1 saturated carbocycles. The second-order valence-electron chi connectivity index (χ2n) is 7.76. The maximum atomic E-state index is 10.1. The Kier molecular flexibility index (Phi) is 13.0. The Morgan fingerprint density at radius 3 is 2.29 bits per heavy atom. The third-order valence-corrected chi connectivity index (χ3v) is 6.43. The molecule has 1 aliphatic heterocycles. The first-order chi connectivity index (χ1) is 11.3. The van der Waals surface area contributed by atoms with Gasteiger partial charge >= 0.3 is 0 Å². The Balaban J connectivity index is 0.000000415. The lowest BCUT2D eigenvalue weighted by Crippen LogP contribution is -2.28. The van der Waals surface area contributed by atoms with E-state index in [4.69, 9.17) is 9.47 Å². The topological polar surface area (TPSA) is 35.5 Å². The van der Waals surface area contributed by atoms with E-state index in [9.17, 15) is 4.79 Å². The molecule has 2 fully saturated rings. The monoisotopic (exact) mass is 360 g/mol. The summed E-state index contributed by atoms with van der Waals surface area (Å²) in [6.07, 6.45) is 8.68. The Morgan fingerprint density at radius 2 is 1.88 bits per heavy atom. The average molecular weight is 361 g/mol. The van der Waals surface area contributed by atoms with Gasteiger partial charge in [0.2, 0.25) is 6.29 Å². The molecule has 0 bridgehead atoms. The van der Waals surface area contributed by atoms with Crippen molar-refractivity contribution in [1.29, 1.82) is 0 Å². The molecule has 1 heterocycles. The summed E-state index contributed by atoms with van der Waals surface area (Å²) >= 11 is 0. The maximum Gasteiger partial charge on any atom is 0.295 e. The van der Waals surface area contributed by atoms with Crippen LogP contribution in [0.4, 0.5) is 0 Å². The predicted octanol–water partition coefficient (Wildman–Crippen LogP) is 6.00. The standard InChI is InChI=1S/C10H16O3.C7H17P.C3H8/c1-7-3-2-4-8-5-9(12-6-11)13-10(7)8;1-5-6-7(2,3)8-4;1-3-2/h6-10H,2-5H2,1H3;8H,5-6H2,1-4H3;3H2,1-2H3. The molecule has 5 atom stereocenters. The molecule has 1 aliphatic carbocycles. The maximum absolute atomic E-state index is 10.1. The Morgan fingerprint density at radius 1 is 1.25 bits per heavy atom. The van der Waals surface area contributed by atoms with Crippen molar-refractivity contribution in [2.24, 2.45) is 11.8 Å². The van der Waals surface area contributed by atoms with Crippen LogP contribution < -0.4 is 0 Å². The van der Waals surface area contributed by atoms with Gasteiger partial charge in [0.05, 0.1) is 6.10 Å². The third kappa shape index (κ3) is 9.37. The smallest absolute Gasteiger partial charge is 0.295 e. The van der Waals surface area contributed by atoms with Crippen molar-refractivity contribution in [2.75, 3.05) is 6.66 Å². The van der Waals surface area contributed by atoms with Gasteiger partial charge in [-0.25, -0.2) is 0 Å². The van der Waals surface area contributed by atoms with E-state index in [1.807, 2.05) is 0 Å². The van der Waals surface area contributed by atoms with Crippen LogP contribution in [-0.4, -0.2) is 30.7 Å². The van der Waals surface area contributed by atoms with Gasteiger partial charge in [-0.1, -0.05) is 60.8 Å². The van der Waals surface area contributed by atoms with Gasteiger partial charge in [-0.15, -0.1) is 8.58 Å². The average Bonchev–Trinajstić information content (AvgIpc) is 2.93. The largest absolute Gasteiger partial charge is 0.438 e. The lowest BCUT2D eigenvalue weighted by molar-refractivity contribution is -0.164. The summed E-state index contributed by atoms with van der Waals surface area (Å²) in [7, 11) is 1.09. The van der Waals surface area contributed by atoms with Crippen LogP contribution in [-0.2, 0) is 14.3 Å². The number of fused-ring (bicyclic) bond motifs is 1. The first-order valence-corrected chi connectivity index (χ1v) is 11.3.